The molecule has 0 aliphatic carbocycles. The third kappa shape index (κ3) is 4.48. The van der Waals surface area contributed by atoms with Crippen LogP contribution in [0.4, 0.5) is 0 Å². The molecule has 8 nitrogen and oxygen atoms in total. The van der Waals surface area contributed by atoms with Crippen molar-refractivity contribution in [3.8, 4) is 16.9 Å². The second kappa shape index (κ2) is 8.58. The SMILES string of the molecule is CC(=O)Oc1ccc(-c2ccc(C(=O)OCn3nnc4ccccc4c3=O)cc2)cc1. The standard InChI is InChI=1S/C23H17N3O5/c1-15(27)31-19-12-10-17(11-13-19)16-6-8-18(9-7-16)23(29)30-14-26-22(28)20-4-2-3-5-21(20)24-25-26/h2-13H,14H2,1H3. The van der Waals surface area contributed by atoms with Crippen molar-refractivity contribution in [2.45, 2.75) is 13.7 Å². The number of carbonyl (C=O) groups is 2. The predicted octanol–water partition coefficient (Wildman–Crippen LogP) is 3.20. The molecular weight excluding hydrogens is 398 g/mol. The van der Waals surface area contributed by atoms with E-state index in [1.165, 1.54) is 6.92 Å². The first kappa shape index (κ1) is 20.0. The molecule has 8 heteroatoms. The van der Waals surface area contributed by atoms with Crippen LogP contribution in [0.15, 0.2) is 77.6 Å². The summed E-state index contributed by atoms with van der Waals surface area (Å²) in [6, 6.07) is 20.7. The fourth-order valence-electron chi connectivity index (χ4n) is 2.99. The van der Waals surface area contributed by atoms with Crippen molar-refractivity contribution in [2.75, 3.05) is 0 Å². The average Bonchev–Trinajstić information content (AvgIpc) is 2.79. The van der Waals surface area contributed by atoms with Crippen molar-refractivity contribution >= 4 is 22.8 Å². The highest BCUT2D eigenvalue weighted by atomic mass is 16.5. The van der Waals surface area contributed by atoms with Crippen LogP contribution in [0.1, 0.15) is 17.3 Å². The second-order valence-corrected chi connectivity index (χ2v) is 6.67. The zero-order valence-electron chi connectivity index (χ0n) is 16.5. The number of nitrogens with zero attached hydrogens (tertiary/aromatic N) is 3. The topological polar surface area (TPSA) is 100 Å². The summed E-state index contributed by atoms with van der Waals surface area (Å²) in [5, 5.41) is 8.15. The largest absolute Gasteiger partial charge is 0.439 e. The molecule has 0 saturated heterocycles. The van der Waals surface area contributed by atoms with Crippen LogP contribution >= 0.6 is 0 Å². The van der Waals surface area contributed by atoms with E-state index >= 15 is 0 Å². The monoisotopic (exact) mass is 415 g/mol. The lowest BCUT2D eigenvalue weighted by Gasteiger charge is -2.08. The van der Waals surface area contributed by atoms with Crippen LogP contribution in [0.25, 0.3) is 22.0 Å². The first-order chi connectivity index (χ1) is 15.0. The Balaban J connectivity index is 1.43. The van der Waals surface area contributed by atoms with E-state index in [0.29, 0.717) is 22.2 Å². The van der Waals surface area contributed by atoms with E-state index in [2.05, 4.69) is 10.3 Å². The Labute approximate surface area is 176 Å². The van der Waals surface area contributed by atoms with Crippen LogP contribution in [-0.4, -0.2) is 26.9 Å². The Morgan fingerprint density at radius 3 is 2.23 bits per heavy atom. The van der Waals surface area contributed by atoms with E-state index in [4.69, 9.17) is 9.47 Å². The van der Waals surface area contributed by atoms with Crippen molar-refractivity contribution in [3.05, 3.63) is 88.7 Å². The number of benzene rings is 3. The van der Waals surface area contributed by atoms with E-state index in [1.54, 1.807) is 60.7 Å². The molecule has 0 saturated carbocycles. The first-order valence-electron chi connectivity index (χ1n) is 9.40. The minimum absolute atomic E-state index is 0.335. The number of rotatable bonds is 5. The molecule has 0 fully saturated rings. The van der Waals surface area contributed by atoms with Crippen LogP contribution in [-0.2, 0) is 16.3 Å². The lowest BCUT2D eigenvalue weighted by atomic mass is 10.0. The summed E-state index contributed by atoms with van der Waals surface area (Å²) >= 11 is 0. The van der Waals surface area contributed by atoms with Crippen molar-refractivity contribution in [3.63, 3.8) is 0 Å². The zero-order chi connectivity index (χ0) is 21.8. The van der Waals surface area contributed by atoms with E-state index in [9.17, 15) is 14.4 Å². The van der Waals surface area contributed by atoms with E-state index in [0.717, 1.165) is 15.8 Å². The van der Waals surface area contributed by atoms with Gasteiger partial charge in [-0.05, 0) is 47.5 Å². The fourth-order valence-corrected chi connectivity index (χ4v) is 2.99. The molecule has 0 unspecified atom stereocenters. The lowest BCUT2D eigenvalue weighted by Crippen LogP contribution is -2.26. The molecule has 1 heterocycles. The minimum Gasteiger partial charge on any atom is -0.439 e. The van der Waals surface area contributed by atoms with Gasteiger partial charge in [0, 0.05) is 6.92 Å². The third-order valence-corrected chi connectivity index (χ3v) is 4.52. The molecule has 0 spiro atoms. The third-order valence-electron chi connectivity index (χ3n) is 4.52. The Bertz CT molecular complexity index is 1310. The minimum atomic E-state index is -0.585. The number of fused-ring (bicyclic) bond motifs is 1. The van der Waals surface area contributed by atoms with Crippen LogP contribution in [0.2, 0.25) is 0 Å². The second-order valence-electron chi connectivity index (χ2n) is 6.67. The Kier molecular flexibility index (Phi) is 5.53. The molecule has 0 radical (unpaired) electrons. The highest BCUT2D eigenvalue weighted by molar-refractivity contribution is 5.90. The predicted molar refractivity (Wildman–Crippen MR) is 112 cm³/mol. The molecular formula is C23H17N3O5. The number of aromatic nitrogens is 3. The van der Waals surface area contributed by atoms with Gasteiger partial charge in [-0.15, -0.1) is 5.10 Å². The smallest absolute Gasteiger partial charge is 0.339 e. The normalized spacial score (nSPS) is 10.6. The Morgan fingerprint density at radius 2 is 1.55 bits per heavy atom. The van der Waals surface area contributed by atoms with Gasteiger partial charge in [-0.3, -0.25) is 9.59 Å². The molecule has 0 bridgehead atoms. The fraction of sp³-hybridized carbons (Fsp3) is 0.0870. The summed E-state index contributed by atoms with van der Waals surface area (Å²) < 4.78 is 11.2. The first-order valence-corrected chi connectivity index (χ1v) is 9.40. The number of hydrogen-bond acceptors (Lipinski definition) is 7. The van der Waals surface area contributed by atoms with Crippen LogP contribution in [0.3, 0.4) is 0 Å². The molecule has 0 atom stereocenters. The van der Waals surface area contributed by atoms with Gasteiger partial charge < -0.3 is 9.47 Å². The van der Waals surface area contributed by atoms with Gasteiger partial charge in [0.25, 0.3) is 5.56 Å². The van der Waals surface area contributed by atoms with Gasteiger partial charge in [0.2, 0.25) is 0 Å². The lowest BCUT2D eigenvalue weighted by molar-refractivity contribution is -0.131. The van der Waals surface area contributed by atoms with Gasteiger partial charge in [0.1, 0.15) is 11.3 Å². The average molecular weight is 415 g/mol. The molecule has 4 rings (SSSR count). The molecule has 3 aromatic carbocycles. The zero-order valence-corrected chi connectivity index (χ0v) is 16.5. The van der Waals surface area contributed by atoms with Gasteiger partial charge in [-0.1, -0.05) is 41.6 Å². The molecule has 1 aromatic heterocycles. The molecule has 4 aromatic rings. The summed E-state index contributed by atoms with van der Waals surface area (Å²) in [4.78, 5) is 35.8. The Hall–Kier alpha value is -4.33. The van der Waals surface area contributed by atoms with E-state index < -0.39 is 5.97 Å². The molecule has 0 aliphatic rings. The van der Waals surface area contributed by atoms with E-state index in [-0.39, 0.29) is 18.3 Å². The Morgan fingerprint density at radius 1 is 0.903 bits per heavy atom. The van der Waals surface area contributed by atoms with Crippen LogP contribution in [0, 0.1) is 0 Å². The number of ether oxygens (including phenoxy) is 2. The van der Waals surface area contributed by atoms with Crippen molar-refractivity contribution in [1.29, 1.82) is 0 Å². The summed E-state index contributed by atoms with van der Waals surface area (Å²) in [6.07, 6.45) is 0. The van der Waals surface area contributed by atoms with Crippen molar-refractivity contribution in [2.24, 2.45) is 0 Å². The summed E-state index contributed by atoms with van der Waals surface area (Å²) in [5.41, 5.74) is 2.20. The number of hydrogen-bond donors (Lipinski definition) is 0. The number of esters is 2. The summed E-state index contributed by atoms with van der Waals surface area (Å²) in [5.74, 6) is -0.505. The van der Waals surface area contributed by atoms with Gasteiger partial charge in [-0.2, -0.15) is 4.68 Å². The molecule has 0 N–H and O–H groups in total. The highest BCUT2D eigenvalue weighted by Gasteiger charge is 2.11. The van der Waals surface area contributed by atoms with Crippen LogP contribution in [0.5, 0.6) is 5.75 Å². The van der Waals surface area contributed by atoms with Crippen molar-refractivity contribution < 1.29 is 19.1 Å². The van der Waals surface area contributed by atoms with Gasteiger partial charge in [0.15, 0.2) is 6.73 Å². The van der Waals surface area contributed by atoms with Gasteiger partial charge in [0.05, 0.1) is 10.9 Å². The molecule has 31 heavy (non-hydrogen) atoms. The maximum absolute atomic E-state index is 12.4. The van der Waals surface area contributed by atoms with Gasteiger partial charge >= 0.3 is 11.9 Å². The van der Waals surface area contributed by atoms with Crippen molar-refractivity contribution in [1.82, 2.24) is 15.0 Å². The molecule has 0 amide bonds. The maximum Gasteiger partial charge on any atom is 0.339 e. The van der Waals surface area contributed by atoms with Gasteiger partial charge in [-0.25, -0.2) is 4.79 Å². The summed E-state index contributed by atoms with van der Waals surface area (Å²) in [6.45, 7) is 1.00. The van der Waals surface area contributed by atoms with E-state index in [1.807, 2.05) is 12.1 Å². The van der Waals surface area contributed by atoms with Crippen LogP contribution < -0.4 is 10.3 Å². The molecule has 154 valence electrons. The highest BCUT2D eigenvalue weighted by Crippen LogP contribution is 2.23. The summed E-state index contributed by atoms with van der Waals surface area (Å²) in [7, 11) is 0. The number of carbonyl (C=O) groups excluding carboxylic acids is 2. The molecule has 0 aliphatic heterocycles. The quantitative estimate of drug-likeness (QED) is 0.364. The maximum atomic E-state index is 12.4.